The molecule has 1 aliphatic rings. The Labute approximate surface area is 123 Å². The predicted molar refractivity (Wildman–Crippen MR) is 80.4 cm³/mol. The van der Waals surface area contributed by atoms with Crippen molar-refractivity contribution < 1.29 is 9.13 Å². The molecule has 0 fully saturated rings. The molecule has 3 nitrogen and oxygen atoms in total. The molecule has 1 aliphatic carbocycles. The number of ether oxygens (including phenoxy) is 1. The fourth-order valence-corrected chi connectivity index (χ4v) is 3.23. The maximum absolute atomic E-state index is 14.5. The predicted octanol–water partition coefficient (Wildman–Crippen LogP) is 2.75. The van der Waals surface area contributed by atoms with Gasteiger partial charge in [0.25, 0.3) is 0 Å². The number of hydrogen-bond acceptors (Lipinski definition) is 3. The highest BCUT2D eigenvalue weighted by Gasteiger charge is 2.31. The van der Waals surface area contributed by atoms with Crippen LogP contribution in [0.5, 0.6) is 5.75 Å². The molecule has 0 radical (unpaired) electrons. The van der Waals surface area contributed by atoms with Gasteiger partial charge in [0.2, 0.25) is 0 Å². The molecule has 21 heavy (non-hydrogen) atoms. The van der Waals surface area contributed by atoms with Gasteiger partial charge in [-0.2, -0.15) is 0 Å². The largest absolute Gasteiger partial charge is 0.494 e. The van der Waals surface area contributed by atoms with Gasteiger partial charge in [-0.05, 0) is 36.0 Å². The number of methoxy groups -OCH3 is 1. The Morgan fingerprint density at radius 2 is 1.81 bits per heavy atom. The van der Waals surface area contributed by atoms with Crippen LogP contribution in [0.3, 0.4) is 0 Å². The first kappa shape index (κ1) is 14.0. The first-order valence-corrected chi connectivity index (χ1v) is 7.10. The van der Waals surface area contributed by atoms with Gasteiger partial charge in [-0.1, -0.05) is 36.4 Å². The maximum Gasteiger partial charge on any atom is 0.169 e. The number of nitrogens with one attached hydrogen (secondary N) is 1. The average Bonchev–Trinajstić information content (AvgIpc) is 2.93. The molecule has 0 spiro atoms. The second-order valence-corrected chi connectivity index (χ2v) is 5.44. The van der Waals surface area contributed by atoms with E-state index in [4.69, 9.17) is 10.6 Å². The van der Waals surface area contributed by atoms with Gasteiger partial charge in [-0.25, -0.2) is 4.39 Å². The molecule has 0 heterocycles. The molecule has 1 atom stereocenters. The molecule has 0 bridgehead atoms. The number of hydrogen-bond donors (Lipinski definition) is 2. The van der Waals surface area contributed by atoms with Crippen LogP contribution in [0.15, 0.2) is 42.5 Å². The molecule has 2 aromatic carbocycles. The zero-order valence-electron chi connectivity index (χ0n) is 12.0. The Morgan fingerprint density at radius 1 is 1.14 bits per heavy atom. The van der Waals surface area contributed by atoms with E-state index in [1.807, 2.05) is 12.1 Å². The van der Waals surface area contributed by atoms with E-state index >= 15 is 0 Å². The normalized spacial score (nSPS) is 15.8. The van der Waals surface area contributed by atoms with Crippen molar-refractivity contribution in [3.05, 3.63) is 65.0 Å². The lowest BCUT2D eigenvalue weighted by Gasteiger charge is -2.24. The van der Waals surface area contributed by atoms with Crippen LogP contribution in [0.4, 0.5) is 4.39 Å². The summed E-state index contributed by atoms with van der Waals surface area (Å²) >= 11 is 0. The molecule has 0 amide bonds. The van der Waals surface area contributed by atoms with Crippen molar-refractivity contribution in [2.45, 2.75) is 18.9 Å². The molecule has 1 unspecified atom stereocenters. The number of hydrazine groups is 1. The standard InChI is InChI=1S/C17H19FN2O/c1-21-15-8-4-7-14(16(15)18)17(20-19)13-9-11-5-2-3-6-12(11)10-13/h2-8,13,17,20H,9-10,19H2,1H3. The van der Waals surface area contributed by atoms with Crippen LogP contribution in [-0.2, 0) is 12.8 Å². The quantitative estimate of drug-likeness (QED) is 0.671. The van der Waals surface area contributed by atoms with Gasteiger partial charge in [-0.15, -0.1) is 0 Å². The lowest BCUT2D eigenvalue weighted by Crippen LogP contribution is -2.34. The van der Waals surface area contributed by atoms with Crippen LogP contribution >= 0.6 is 0 Å². The molecule has 3 rings (SSSR count). The van der Waals surface area contributed by atoms with E-state index in [1.165, 1.54) is 18.2 Å². The Kier molecular flexibility index (Phi) is 3.90. The van der Waals surface area contributed by atoms with Crippen LogP contribution < -0.4 is 16.0 Å². The molecule has 0 saturated heterocycles. The third-order valence-corrected chi connectivity index (χ3v) is 4.28. The van der Waals surface area contributed by atoms with E-state index in [9.17, 15) is 4.39 Å². The summed E-state index contributed by atoms with van der Waals surface area (Å²) in [4.78, 5) is 0. The minimum absolute atomic E-state index is 0.229. The lowest BCUT2D eigenvalue weighted by molar-refractivity contribution is 0.349. The summed E-state index contributed by atoms with van der Waals surface area (Å²) in [6, 6.07) is 13.3. The van der Waals surface area contributed by atoms with Crippen molar-refractivity contribution in [1.29, 1.82) is 0 Å². The van der Waals surface area contributed by atoms with Crippen molar-refractivity contribution in [1.82, 2.24) is 5.43 Å². The summed E-state index contributed by atoms with van der Waals surface area (Å²) in [7, 11) is 1.47. The fraction of sp³-hybridized carbons (Fsp3) is 0.294. The van der Waals surface area contributed by atoms with Crippen LogP contribution in [0.25, 0.3) is 0 Å². The summed E-state index contributed by atoms with van der Waals surface area (Å²) in [5.74, 6) is 5.89. The van der Waals surface area contributed by atoms with E-state index < -0.39 is 0 Å². The highest BCUT2D eigenvalue weighted by atomic mass is 19.1. The number of fused-ring (bicyclic) bond motifs is 1. The van der Waals surface area contributed by atoms with E-state index in [-0.39, 0.29) is 23.5 Å². The first-order valence-electron chi connectivity index (χ1n) is 7.10. The monoisotopic (exact) mass is 286 g/mol. The zero-order valence-corrected chi connectivity index (χ0v) is 12.0. The number of halogens is 1. The topological polar surface area (TPSA) is 47.3 Å². The van der Waals surface area contributed by atoms with Gasteiger partial charge in [0.15, 0.2) is 11.6 Å². The summed E-state index contributed by atoms with van der Waals surface area (Å²) in [5.41, 5.74) is 6.01. The smallest absolute Gasteiger partial charge is 0.169 e. The molecule has 0 aromatic heterocycles. The Hall–Kier alpha value is -1.91. The third kappa shape index (κ3) is 2.52. The van der Waals surface area contributed by atoms with Crippen LogP contribution in [0, 0.1) is 11.7 Å². The summed E-state index contributed by atoms with van der Waals surface area (Å²) < 4.78 is 19.5. The Morgan fingerprint density at radius 3 is 2.38 bits per heavy atom. The zero-order chi connectivity index (χ0) is 14.8. The van der Waals surface area contributed by atoms with Crippen LogP contribution in [-0.4, -0.2) is 7.11 Å². The SMILES string of the molecule is COc1cccc(C(NN)C2Cc3ccccc3C2)c1F. The third-order valence-electron chi connectivity index (χ3n) is 4.28. The Bertz CT molecular complexity index is 619. The van der Waals surface area contributed by atoms with Crippen molar-refractivity contribution in [2.24, 2.45) is 11.8 Å². The minimum atomic E-state index is -0.334. The molecule has 0 saturated carbocycles. The number of nitrogens with two attached hydrogens (primary N) is 1. The van der Waals surface area contributed by atoms with E-state index in [0.29, 0.717) is 5.56 Å². The molecule has 110 valence electrons. The molecular weight excluding hydrogens is 267 g/mol. The second-order valence-electron chi connectivity index (χ2n) is 5.44. The van der Waals surface area contributed by atoms with Crippen LogP contribution in [0.2, 0.25) is 0 Å². The van der Waals surface area contributed by atoms with Crippen molar-refractivity contribution >= 4 is 0 Å². The summed E-state index contributed by atoms with van der Waals surface area (Å²) in [6.45, 7) is 0. The second kappa shape index (κ2) is 5.84. The van der Waals surface area contributed by atoms with Gasteiger partial charge in [0, 0.05) is 5.56 Å². The Balaban J connectivity index is 1.91. The molecule has 4 heteroatoms. The van der Waals surface area contributed by atoms with E-state index in [1.54, 1.807) is 18.2 Å². The van der Waals surface area contributed by atoms with Gasteiger partial charge in [0.1, 0.15) is 0 Å². The lowest BCUT2D eigenvalue weighted by atomic mass is 9.90. The van der Waals surface area contributed by atoms with Crippen LogP contribution in [0.1, 0.15) is 22.7 Å². The van der Waals surface area contributed by atoms with E-state index in [2.05, 4.69) is 17.6 Å². The fourth-order valence-electron chi connectivity index (χ4n) is 3.23. The van der Waals surface area contributed by atoms with Crippen molar-refractivity contribution in [3.8, 4) is 5.75 Å². The van der Waals surface area contributed by atoms with Crippen molar-refractivity contribution in [2.75, 3.05) is 7.11 Å². The molecule has 3 N–H and O–H groups in total. The first-order chi connectivity index (χ1) is 10.2. The van der Waals surface area contributed by atoms with Gasteiger partial charge >= 0.3 is 0 Å². The average molecular weight is 286 g/mol. The van der Waals surface area contributed by atoms with E-state index in [0.717, 1.165) is 12.8 Å². The van der Waals surface area contributed by atoms with Gasteiger partial charge in [0.05, 0.1) is 13.2 Å². The molecular formula is C17H19FN2O. The van der Waals surface area contributed by atoms with Gasteiger partial charge < -0.3 is 4.74 Å². The summed E-state index contributed by atoms with van der Waals surface area (Å²) in [6.07, 6.45) is 1.81. The number of benzene rings is 2. The molecule has 0 aliphatic heterocycles. The highest BCUT2D eigenvalue weighted by Crippen LogP contribution is 2.37. The summed E-state index contributed by atoms with van der Waals surface area (Å²) in [5, 5.41) is 0. The number of rotatable bonds is 4. The minimum Gasteiger partial charge on any atom is -0.494 e. The van der Waals surface area contributed by atoms with Gasteiger partial charge in [-0.3, -0.25) is 11.3 Å². The van der Waals surface area contributed by atoms with Crippen molar-refractivity contribution in [3.63, 3.8) is 0 Å². The highest BCUT2D eigenvalue weighted by molar-refractivity contribution is 5.37. The maximum atomic E-state index is 14.5. The molecule has 2 aromatic rings.